The Morgan fingerprint density at radius 2 is 1.84 bits per heavy atom. The summed E-state index contributed by atoms with van der Waals surface area (Å²) in [4.78, 5) is 19.8. The van der Waals surface area contributed by atoms with Gasteiger partial charge in [0.05, 0.1) is 30.0 Å². The summed E-state index contributed by atoms with van der Waals surface area (Å²) in [5, 5.41) is 8.54. The van der Waals surface area contributed by atoms with Crippen molar-refractivity contribution in [2.24, 2.45) is 0 Å². The van der Waals surface area contributed by atoms with Gasteiger partial charge in [0.15, 0.2) is 0 Å². The molecule has 32 heavy (non-hydrogen) atoms. The molecule has 0 radical (unpaired) electrons. The molecule has 1 aliphatic rings. The molecule has 0 aliphatic carbocycles. The highest BCUT2D eigenvalue weighted by Crippen LogP contribution is 2.23. The van der Waals surface area contributed by atoms with Gasteiger partial charge in [-0.3, -0.25) is 4.79 Å². The number of anilines is 1. The van der Waals surface area contributed by atoms with Crippen LogP contribution in [0.4, 0.5) is 5.82 Å². The van der Waals surface area contributed by atoms with Crippen molar-refractivity contribution >= 4 is 22.6 Å². The van der Waals surface area contributed by atoms with Crippen LogP contribution in [0.25, 0.3) is 16.6 Å². The molecule has 1 amide bonds. The summed E-state index contributed by atoms with van der Waals surface area (Å²) in [6.07, 6.45) is 4.55. The van der Waals surface area contributed by atoms with Crippen molar-refractivity contribution in [3.8, 4) is 5.69 Å². The number of hydrogen-bond acceptors (Lipinski definition) is 5. The Balaban J connectivity index is 1.30. The topological polar surface area (TPSA) is 72.3 Å². The monoisotopic (exact) mass is 427 g/mol. The van der Waals surface area contributed by atoms with Crippen molar-refractivity contribution in [3.05, 3.63) is 84.2 Å². The van der Waals surface area contributed by atoms with Gasteiger partial charge in [0.2, 0.25) is 0 Å². The Morgan fingerprint density at radius 1 is 1.03 bits per heavy atom. The zero-order chi connectivity index (χ0) is 21.8. The minimum atomic E-state index is 0.0316. The number of nitrogens with zero attached hydrogens (tertiary/aromatic N) is 4. The zero-order valence-corrected chi connectivity index (χ0v) is 17.8. The van der Waals surface area contributed by atoms with Crippen LogP contribution in [-0.4, -0.2) is 58.4 Å². The van der Waals surface area contributed by atoms with Crippen molar-refractivity contribution < 1.29 is 9.53 Å². The predicted octanol–water partition coefficient (Wildman–Crippen LogP) is 3.55. The molecule has 1 fully saturated rings. The van der Waals surface area contributed by atoms with Gasteiger partial charge < -0.3 is 15.0 Å². The smallest absolute Gasteiger partial charge is 0.254 e. The van der Waals surface area contributed by atoms with E-state index in [1.165, 1.54) is 5.56 Å². The number of pyridine rings is 1. The van der Waals surface area contributed by atoms with Gasteiger partial charge in [0.1, 0.15) is 5.82 Å². The maximum absolute atomic E-state index is 13.2. The highest BCUT2D eigenvalue weighted by molar-refractivity contribution is 6.07. The van der Waals surface area contributed by atoms with Crippen LogP contribution >= 0.6 is 0 Å². The number of benzene rings is 2. The van der Waals surface area contributed by atoms with E-state index in [0.717, 1.165) is 29.6 Å². The Kier molecular flexibility index (Phi) is 5.81. The number of carbonyl (C=O) groups is 1. The number of ether oxygens (including phenoxy) is 1. The maximum atomic E-state index is 13.2. The van der Waals surface area contributed by atoms with E-state index in [1.807, 2.05) is 52.2 Å². The first kappa shape index (κ1) is 20.2. The van der Waals surface area contributed by atoms with E-state index in [9.17, 15) is 4.79 Å². The first-order chi connectivity index (χ1) is 15.8. The number of nitrogens with one attached hydrogen (secondary N) is 1. The Hall–Kier alpha value is -3.71. The molecule has 5 rings (SSSR count). The second kappa shape index (κ2) is 9.20. The third-order valence-corrected chi connectivity index (χ3v) is 5.67. The quantitative estimate of drug-likeness (QED) is 0.510. The SMILES string of the molecule is O=C(c1cc(NCCc2ccc(-n3cccn3)cc2)nc2ccccc12)N1CCOCC1. The molecule has 2 aromatic carbocycles. The summed E-state index contributed by atoms with van der Waals surface area (Å²) in [5.74, 6) is 0.748. The van der Waals surface area contributed by atoms with Crippen molar-refractivity contribution in [2.75, 3.05) is 38.2 Å². The molecule has 2 aromatic heterocycles. The van der Waals surface area contributed by atoms with Crippen LogP contribution in [0.15, 0.2) is 73.1 Å². The van der Waals surface area contributed by atoms with Crippen LogP contribution in [0.2, 0.25) is 0 Å². The third kappa shape index (κ3) is 4.33. The second-order valence-corrected chi connectivity index (χ2v) is 7.77. The molecule has 7 nitrogen and oxygen atoms in total. The molecule has 0 unspecified atom stereocenters. The summed E-state index contributed by atoms with van der Waals surface area (Å²) in [7, 11) is 0. The number of morpholine rings is 1. The van der Waals surface area contributed by atoms with Crippen LogP contribution in [0.1, 0.15) is 15.9 Å². The van der Waals surface area contributed by atoms with Crippen LogP contribution in [0.3, 0.4) is 0 Å². The van der Waals surface area contributed by atoms with Crippen LogP contribution in [0, 0.1) is 0 Å². The van der Waals surface area contributed by atoms with E-state index in [2.05, 4.69) is 34.7 Å². The van der Waals surface area contributed by atoms with Crippen LogP contribution in [-0.2, 0) is 11.2 Å². The van der Waals surface area contributed by atoms with Gasteiger partial charge in [-0.15, -0.1) is 0 Å². The highest BCUT2D eigenvalue weighted by atomic mass is 16.5. The molecule has 0 saturated carbocycles. The molecule has 0 spiro atoms. The first-order valence-corrected chi connectivity index (χ1v) is 10.9. The van der Waals surface area contributed by atoms with E-state index < -0.39 is 0 Å². The molecule has 162 valence electrons. The van der Waals surface area contributed by atoms with Crippen molar-refractivity contribution in [3.63, 3.8) is 0 Å². The molecular formula is C25H25N5O2. The minimum Gasteiger partial charge on any atom is -0.378 e. The summed E-state index contributed by atoms with van der Waals surface area (Å²) in [6.45, 7) is 3.12. The normalized spacial score (nSPS) is 13.9. The van der Waals surface area contributed by atoms with Gasteiger partial charge in [-0.2, -0.15) is 5.10 Å². The number of hydrogen-bond donors (Lipinski definition) is 1. The third-order valence-electron chi connectivity index (χ3n) is 5.67. The summed E-state index contributed by atoms with van der Waals surface area (Å²) >= 11 is 0. The van der Waals surface area contributed by atoms with Gasteiger partial charge in [-0.05, 0) is 42.3 Å². The lowest BCUT2D eigenvalue weighted by Crippen LogP contribution is -2.40. The number of rotatable bonds is 6. The van der Waals surface area contributed by atoms with Gasteiger partial charge in [0, 0.05) is 37.4 Å². The average Bonchev–Trinajstić information content (AvgIpc) is 3.39. The maximum Gasteiger partial charge on any atom is 0.254 e. The van der Waals surface area contributed by atoms with Crippen LogP contribution < -0.4 is 5.32 Å². The molecule has 0 bridgehead atoms. The average molecular weight is 428 g/mol. The fourth-order valence-electron chi connectivity index (χ4n) is 3.95. The minimum absolute atomic E-state index is 0.0316. The highest BCUT2D eigenvalue weighted by Gasteiger charge is 2.21. The molecule has 0 atom stereocenters. The van der Waals surface area contributed by atoms with Gasteiger partial charge in [0.25, 0.3) is 5.91 Å². The van der Waals surface area contributed by atoms with Crippen molar-refractivity contribution in [1.29, 1.82) is 0 Å². The Morgan fingerprint density at radius 3 is 2.62 bits per heavy atom. The summed E-state index contributed by atoms with van der Waals surface area (Å²) < 4.78 is 7.24. The van der Waals surface area contributed by atoms with E-state index in [1.54, 1.807) is 6.20 Å². The van der Waals surface area contributed by atoms with E-state index in [0.29, 0.717) is 37.7 Å². The molecule has 1 N–H and O–H groups in total. The van der Waals surface area contributed by atoms with Crippen molar-refractivity contribution in [1.82, 2.24) is 19.7 Å². The molecule has 4 aromatic rings. The molecule has 7 heteroatoms. The Labute approximate surface area is 186 Å². The fraction of sp³-hybridized carbons (Fsp3) is 0.240. The molecular weight excluding hydrogens is 402 g/mol. The van der Waals surface area contributed by atoms with Crippen molar-refractivity contribution in [2.45, 2.75) is 6.42 Å². The van der Waals surface area contributed by atoms with Crippen LogP contribution in [0.5, 0.6) is 0 Å². The van der Waals surface area contributed by atoms with Gasteiger partial charge in [-0.25, -0.2) is 9.67 Å². The number of para-hydroxylation sites is 1. The first-order valence-electron chi connectivity index (χ1n) is 10.9. The van der Waals surface area contributed by atoms with E-state index >= 15 is 0 Å². The number of fused-ring (bicyclic) bond motifs is 1. The number of carbonyl (C=O) groups excluding carboxylic acids is 1. The lowest BCUT2D eigenvalue weighted by atomic mass is 10.1. The lowest BCUT2D eigenvalue weighted by Gasteiger charge is -2.27. The summed E-state index contributed by atoms with van der Waals surface area (Å²) in [6, 6.07) is 19.9. The largest absolute Gasteiger partial charge is 0.378 e. The zero-order valence-electron chi connectivity index (χ0n) is 17.8. The standard InChI is InChI=1S/C25H25N5O2/c31-25(29-14-16-32-17-15-29)22-18-24(28-23-5-2-1-4-21(22)23)26-12-10-19-6-8-20(9-7-19)30-13-3-11-27-30/h1-9,11,13,18H,10,12,14-17H2,(H,26,28). The van der Waals surface area contributed by atoms with Gasteiger partial charge >= 0.3 is 0 Å². The summed E-state index contributed by atoms with van der Waals surface area (Å²) in [5.41, 5.74) is 3.76. The van der Waals surface area contributed by atoms with Gasteiger partial charge in [-0.1, -0.05) is 30.3 Å². The van der Waals surface area contributed by atoms with E-state index in [4.69, 9.17) is 9.72 Å². The number of aromatic nitrogens is 3. The molecule has 1 saturated heterocycles. The van der Waals surface area contributed by atoms with E-state index in [-0.39, 0.29) is 5.91 Å². The second-order valence-electron chi connectivity index (χ2n) is 7.77. The lowest BCUT2D eigenvalue weighted by molar-refractivity contribution is 0.0304. The number of amides is 1. The molecule has 3 heterocycles. The predicted molar refractivity (Wildman–Crippen MR) is 124 cm³/mol. The molecule has 1 aliphatic heterocycles. The fourth-order valence-corrected chi connectivity index (χ4v) is 3.95. The Bertz CT molecular complexity index is 1200.